The van der Waals surface area contributed by atoms with E-state index in [1.54, 1.807) is 54.6 Å². The van der Waals surface area contributed by atoms with Gasteiger partial charge in [0, 0.05) is 22.9 Å². The summed E-state index contributed by atoms with van der Waals surface area (Å²) >= 11 is 0. The number of methoxy groups -OCH3 is 2. The number of Topliss-reactive ketones (excluding diaryl/α,β-unsaturated/α-hetero) is 1. The molecule has 1 N–H and O–H groups in total. The van der Waals surface area contributed by atoms with E-state index in [2.05, 4.69) is 0 Å². The van der Waals surface area contributed by atoms with Crippen LogP contribution in [0.25, 0.3) is 5.76 Å². The maximum atomic E-state index is 13.7. The Balaban J connectivity index is 1.73. The number of amides is 1. The molecule has 1 amide bonds. The van der Waals surface area contributed by atoms with Crippen LogP contribution in [0.4, 0.5) is 5.69 Å². The molecule has 5 rings (SSSR count). The molecule has 2 heterocycles. The Bertz CT molecular complexity index is 1550. The number of carbonyl (C=O) groups is 2. The van der Waals surface area contributed by atoms with Crippen LogP contribution in [-0.2, 0) is 15.0 Å². The topological polar surface area (TPSA) is 104 Å². The number of hydrogen-bond acceptors (Lipinski definition) is 8. The van der Waals surface area contributed by atoms with Crippen LogP contribution in [0, 0.1) is 0 Å². The number of ether oxygens (including phenoxy) is 5. The Kier molecular flexibility index (Phi) is 7.29. The quantitative estimate of drug-likeness (QED) is 0.222. The molecule has 9 nitrogen and oxygen atoms in total. The van der Waals surface area contributed by atoms with Crippen LogP contribution < -0.4 is 28.6 Å². The molecular weight excluding hydrogens is 526 g/mol. The first-order chi connectivity index (χ1) is 19.6. The fourth-order valence-electron chi connectivity index (χ4n) is 5.17. The molecule has 0 aliphatic carbocycles. The number of benzene rings is 3. The maximum absolute atomic E-state index is 13.7. The fourth-order valence-corrected chi connectivity index (χ4v) is 5.17. The van der Waals surface area contributed by atoms with Gasteiger partial charge in [-0.1, -0.05) is 26.8 Å². The smallest absolute Gasteiger partial charge is 0.300 e. The number of rotatable bonds is 7. The summed E-state index contributed by atoms with van der Waals surface area (Å²) in [6, 6.07) is 14.4. The minimum absolute atomic E-state index is 0.0519. The molecule has 214 valence electrons. The Morgan fingerprint density at radius 1 is 0.927 bits per heavy atom. The van der Waals surface area contributed by atoms with Crippen molar-refractivity contribution in [3.8, 4) is 28.7 Å². The second-order valence-corrected chi connectivity index (χ2v) is 10.7. The summed E-state index contributed by atoms with van der Waals surface area (Å²) in [5, 5.41) is 11.7. The van der Waals surface area contributed by atoms with Crippen LogP contribution in [-0.4, -0.2) is 44.4 Å². The number of hydrogen-bond donors (Lipinski definition) is 1. The molecule has 2 aliphatic rings. The van der Waals surface area contributed by atoms with Crippen molar-refractivity contribution in [3.63, 3.8) is 0 Å². The number of nitrogens with zero attached hydrogens (tertiary/aromatic N) is 1. The van der Waals surface area contributed by atoms with E-state index in [1.165, 1.54) is 19.1 Å². The number of carbonyl (C=O) groups excluding carboxylic acids is 2. The molecule has 41 heavy (non-hydrogen) atoms. The number of aliphatic hydroxyl groups is 1. The average Bonchev–Trinajstić information content (AvgIpc) is 3.53. The zero-order valence-corrected chi connectivity index (χ0v) is 23.9. The summed E-state index contributed by atoms with van der Waals surface area (Å²) in [6.07, 6.45) is 0. The van der Waals surface area contributed by atoms with Gasteiger partial charge in [0.25, 0.3) is 11.7 Å². The predicted molar refractivity (Wildman–Crippen MR) is 153 cm³/mol. The van der Waals surface area contributed by atoms with Crippen molar-refractivity contribution < 1.29 is 38.4 Å². The van der Waals surface area contributed by atoms with E-state index in [0.29, 0.717) is 52.2 Å². The first-order valence-electron chi connectivity index (χ1n) is 13.3. The van der Waals surface area contributed by atoms with Gasteiger partial charge in [-0.05, 0) is 60.4 Å². The summed E-state index contributed by atoms with van der Waals surface area (Å²) in [5.41, 5.74) is 1.84. The van der Waals surface area contributed by atoms with Gasteiger partial charge in [0.2, 0.25) is 6.79 Å². The highest BCUT2D eigenvalue weighted by molar-refractivity contribution is 6.51. The van der Waals surface area contributed by atoms with Crippen molar-refractivity contribution >= 4 is 23.1 Å². The summed E-state index contributed by atoms with van der Waals surface area (Å²) < 4.78 is 27.7. The standard InChI is InChI=1S/C32H33NO8/c1-7-39-22-11-9-19(14-21(22)32(2,3)4)29(34)27-28(18-8-12-23(37-5)25(15-18)38-6)33(31(36)30(27)35)20-10-13-24-26(16-20)41-17-40-24/h8-16,28,34H,7,17H2,1-6H3/b29-27+. The lowest BCUT2D eigenvalue weighted by molar-refractivity contribution is -0.132. The molecule has 1 saturated heterocycles. The molecule has 3 aromatic rings. The van der Waals surface area contributed by atoms with Crippen molar-refractivity contribution in [2.45, 2.75) is 39.2 Å². The van der Waals surface area contributed by atoms with Gasteiger partial charge < -0.3 is 28.8 Å². The second-order valence-electron chi connectivity index (χ2n) is 10.7. The van der Waals surface area contributed by atoms with Gasteiger partial charge in [-0.15, -0.1) is 0 Å². The zero-order valence-electron chi connectivity index (χ0n) is 23.9. The predicted octanol–water partition coefficient (Wildman–Crippen LogP) is 5.76. The molecule has 0 saturated carbocycles. The first kappa shape index (κ1) is 27.9. The molecule has 1 fully saturated rings. The van der Waals surface area contributed by atoms with Crippen LogP contribution in [0.2, 0.25) is 0 Å². The number of ketones is 1. The molecule has 2 aliphatic heterocycles. The van der Waals surface area contributed by atoms with Crippen LogP contribution in [0.3, 0.4) is 0 Å². The van der Waals surface area contributed by atoms with Gasteiger partial charge in [-0.25, -0.2) is 0 Å². The summed E-state index contributed by atoms with van der Waals surface area (Å²) in [4.78, 5) is 28.7. The normalized spacial score (nSPS) is 17.6. The molecule has 9 heteroatoms. The minimum Gasteiger partial charge on any atom is -0.507 e. The van der Waals surface area contributed by atoms with E-state index in [9.17, 15) is 14.7 Å². The SMILES string of the molecule is CCOc1ccc(/C(O)=C2\C(=O)C(=O)N(c3ccc4c(c3)OCO4)C2c2ccc(OC)c(OC)c2)cc1C(C)(C)C. The Morgan fingerprint density at radius 2 is 1.63 bits per heavy atom. The fraction of sp³-hybridized carbons (Fsp3) is 0.312. The van der Waals surface area contributed by atoms with Gasteiger partial charge in [0.05, 0.1) is 32.4 Å². The molecule has 0 spiro atoms. The molecule has 0 bridgehead atoms. The lowest BCUT2D eigenvalue weighted by Gasteiger charge is -2.26. The molecule has 0 radical (unpaired) electrons. The molecule has 3 aromatic carbocycles. The van der Waals surface area contributed by atoms with Crippen LogP contribution in [0.5, 0.6) is 28.7 Å². The average molecular weight is 560 g/mol. The monoisotopic (exact) mass is 559 g/mol. The third-order valence-corrected chi connectivity index (χ3v) is 7.16. The van der Waals surface area contributed by atoms with Crippen LogP contribution in [0.15, 0.2) is 60.2 Å². The van der Waals surface area contributed by atoms with Gasteiger partial charge in [0.15, 0.2) is 23.0 Å². The highest BCUT2D eigenvalue weighted by Crippen LogP contribution is 2.46. The molecular formula is C32H33NO8. The van der Waals surface area contributed by atoms with Crippen molar-refractivity contribution in [2.75, 3.05) is 32.5 Å². The van der Waals surface area contributed by atoms with Crippen molar-refractivity contribution in [3.05, 3.63) is 76.9 Å². The van der Waals surface area contributed by atoms with Crippen LogP contribution >= 0.6 is 0 Å². The Morgan fingerprint density at radius 3 is 2.32 bits per heavy atom. The van der Waals surface area contributed by atoms with Crippen molar-refractivity contribution in [1.82, 2.24) is 0 Å². The van der Waals surface area contributed by atoms with Gasteiger partial charge >= 0.3 is 0 Å². The number of anilines is 1. The third-order valence-electron chi connectivity index (χ3n) is 7.16. The van der Waals surface area contributed by atoms with E-state index in [-0.39, 0.29) is 23.5 Å². The third kappa shape index (κ3) is 4.92. The van der Waals surface area contributed by atoms with Gasteiger partial charge in [0.1, 0.15) is 11.5 Å². The van der Waals surface area contributed by atoms with Crippen molar-refractivity contribution in [2.24, 2.45) is 0 Å². The summed E-state index contributed by atoms with van der Waals surface area (Å²) in [5.74, 6) is 0.691. The van der Waals surface area contributed by atoms with E-state index < -0.39 is 17.7 Å². The minimum atomic E-state index is -0.972. The van der Waals surface area contributed by atoms with E-state index in [0.717, 1.165) is 5.56 Å². The van der Waals surface area contributed by atoms with E-state index in [1.807, 2.05) is 27.7 Å². The lowest BCUT2D eigenvalue weighted by Crippen LogP contribution is -2.29. The Labute approximate surface area is 238 Å². The van der Waals surface area contributed by atoms with Gasteiger partial charge in [-0.2, -0.15) is 0 Å². The highest BCUT2D eigenvalue weighted by atomic mass is 16.7. The van der Waals surface area contributed by atoms with E-state index >= 15 is 0 Å². The summed E-state index contributed by atoms with van der Waals surface area (Å²) in [6.45, 7) is 8.56. The van der Waals surface area contributed by atoms with Crippen molar-refractivity contribution in [1.29, 1.82) is 0 Å². The zero-order chi connectivity index (χ0) is 29.5. The largest absolute Gasteiger partial charge is 0.507 e. The highest BCUT2D eigenvalue weighted by Gasteiger charge is 2.47. The second kappa shape index (κ2) is 10.7. The first-order valence-corrected chi connectivity index (χ1v) is 13.3. The van der Waals surface area contributed by atoms with Gasteiger partial charge in [-0.3, -0.25) is 14.5 Å². The molecule has 0 aromatic heterocycles. The van der Waals surface area contributed by atoms with Crippen LogP contribution in [0.1, 0.15) is 50.4 Å². The summed E-state index contributed by atoms with van der Waals surface area (Å²) in [7, 11) is 3.03. The molecule has 1 atom stereocenters. The Hall–Kier alpha value is -4.66. The molecule has 1 unspecified atom stereocenters. The number of aliphatic hydroxyl groups excluding tert-OH is 1. The maximum Gasteiger partial charge on any atom is 0.300 e. The number of fused-ring (bicyclic) bond motifs is 1. The lowest BCUT2D eigenvalue weighted by atomic mass is 9.84. The van der Waals surface area contributed by atoms with E-state index in [4.69, 9.17) is 23.7 Å².